The molecule has 104 valence electrons. The number of carbonyl (C=O) groups excluding carboxylic acids is 1. The third-order valence-corrected chi connectivity index (χ3v) is 3.20. The van der Waals surface area contributed by atoms with Crippen molar-refractivity contribution in [1.29, 1.82) is 0 Å². The van der Waals surface area contributed by atoms with Gasteiger partial charge >= 0.3 is 0 Å². The van der Waals surface area contributed by atoms with Gasteiger partial charge in [0.05, 0.1) is 22.8 Å². The topological polar surface area (TPSA) is 53.4 Å². The average Bonchev–Trinajstić information content (AvgIpc) is 2.40. The first-order chi connectivity index (χ1) is 9.47. The third kappa shape index (κ3) is 3.27. The number of hydrogen-bond acceptors (Lipinski definition) is 3. The van der Waals surface area contributed by atoms with E-state index in [1.165, 1.54) is 23.1 Å². The number of amides is 1. The molecule has 0 fully saturated rings. The van der Waals surface area contributed by atoms with E-state index in [1.807, 2.05) is 25.1 Å². The molecule has 20 heavy (non-hydrogen) atoms. The van der Waals surface area contributed by atoms with Gasteiger partial charge in [0, 0.05) is 12.7 Å². The van der Waals surface area contributed by atoms with Crippen molar-refractivity contribution >= 4 is 17.5 Å². The predicted octanol–water partition coefficient (Wildman–Crippen LogP) is 3.02. The van der Waals surface area contributed by atoms with Crippen LogP contribution in [0.4, 0.5) is 0 Å². The minimum Gasteiger partial charge on any atom is -0.508 e. The summed E-state index contributed by atoms with van der Waals surface area (Å²) in [5, 5.41) is 9.77. The fraction of sp³-hybridized carbons (Fsp3) is 0.200. The van der Waals surface area contributed by atoms with Crippen LogP contribution >= 0.6 is 11.6 Å². The van der Waals surface area contributed by atoms with E-state index in [2.05, 4.69) is 4.98 Å². The van der Waals surface area contributed by atoms with Crippen molar-refractivity contribution in [2.24, 2.45) is 0 Å². The Bertz CT molecular complexity index is 644. The highest BCUT2D eigenvalue weighted by molar-refractivity contribution is 6.33. The monoisotopic (exact) mass is 290 g/mol. The van der Waals surface area contributed by atoms with Crippen LogP contribution in [0.1, 0.15) is 21.7 Å². The smallest absolute Gasteiger partial charge is 0.255 e. The molecule has 1 amide bonds. The van der Waals surface area contributed by atoms with Crippen molar-refractivity contribution in [1.82, 2.24) is 9.88 Å². The maximum atomic E-state index is 12.3. The van der Waals surface area contributed by atoms with Crippen molar-refractivity contribution in [2.45, 2.75) is 13.5 Å². The molecular formula is C15H15ClN2O2. The van der Waals surface area contributed by atoms with Crippen LogP contribution in [0.15, 0.2) is 36.4 Å². The molecule has 4 nitrogen and oxygen atoms in total. The van der Waals surface area contributed by atoms with Crippen LogP contribution in [0.25, 0.3) is 0 Å². The van der Waals surface area contributed by atoms with Gasteiger partial charge in [-0.3, -0.25) is 9.78 Å². The molecule has 0 unspecified atom stereocenters. The molecule has 0 bridgehead atoms. The molecule has 1 aromatic carbocycles. The molecule has 1 heterocycles. The number of aromatic hydroxyl groups is 1. The van der Waals surface area contributed by atoms with Gasteiger partial charge in [0.15, 0.2) is 0 Å². The van der Waals surface area contributed by atoms with E-state index >= 15 is 0 Å². The Balaban J connectivity index is 2.18. The summed E-state index contributed by atoms with van der Waals surface area (Å²) >= 11 is 5.99. The van der Waals surface area contributed by atoms with Gasteiger partial charge in [-0.25, -0.2) is 0 Å². The van der Waals surface area contributed by atoms with E-state index in [0.717, 1.165) is 11.4 Å². The fourth-order valence-corrected chi connectivity index (χ4v) is 2.08. The second-order valence-corrected chi connectivity index (χ2v) is 5.00. The van der Waals surface area contributed by atoms with E-state index in [0.29, 0.717) is 11.6 Å². The molecule has 0 aliphatic carbocycles. The zero-order valence-corrected chi connectivity index (χ0v) is 12.1. The Morgan fingerprint density at radius 2 is 2.10 bits per heavy atom. The van der Waals surface area contributed by atoms with E-state index in [-0.39, 0.29) is 17.2 Å². The van der Waals surface area contributed by atoms with Crippen molar-refractivity contribution in [3.63, 3.8) is 0 Å². The molecule has 0 atom stereocenters. The third-order valence-electron chi connectivity index (χ3n) is 2.87. The molecule has 2 rings (SSSR count). The molecule has 0 saturated carbocycles. The number of nitrogens with zero attached hydrogens (tertiary/aromatic N) is 2. The molecule has 0 spiro atoms. The number of rotatable bonds is 3. The number of aromatic nitrogens is 1. The molecule has 2 aromatic rings. The van der Waals surface area contributed by atoms with E-state index in [9.17, 15) is 9.90 Å². The Morgan fingerprint density at radius 3 is 2.80 bits per heavy atom. The highest BCUT2D eigenvalue weighted by Crippen LogP contribution is 2.22. The lowest BCUT2D eigenvalue weighted by Crippen LogP contribution is -2.26. The lowest BCUT2D eigenvalue weighted by atomic mass is 10.2. The van der Waals surface area contributed by atoms with Gasteiger partial charge in [-0.05, 0) is 37.3 Å². The normalized spacial score (nSPS) is 10.3. The standard InChI is InChI=1S/C15H15ClN2O2/c1-10-4-3-5-11(17-10)9-18(2)15(20)13-8-12(19)6-7-14(13)16/h3-8,19H,9H2,1-2H3. The number of benzene rings is 1. The maximum Gasteiger partial charge on any atom is 0.255 e. The van der Waals surface area contributed by atoms with Gasteiger partial charge in [-0.15, -0.1) is 0 Å². The zero-order chi connectivity index (χ0) is 14.7. The summed E-state index contributed by atoms with van der Waals surface area (Å²) in [6, 6.07) is 9.98. The van der Waals surface area contributed by atoms with Crippen LogP contribution in [0.2, 0.25) is 5.02 Å². The number of phenolic OH excluding ortho intramolecular Hbond substituents is 1. The Labute approximate surface area is 122 Å². The maximum absolute atomic E-state index is 12.3. The second kappa shape index (κ2) is 5.92. The van der Waals surface area contributed by atoms with E-state index < -0.39 is 0 Å². The lowest BCUT2D eigenvalue weighted by molar-refractivity contribution is 0.0783. The van der Waals surface area contributed by atoms with Gasteiger partial charge < -0.3 is 10.0 Å². The van der Waals surface area contributed by atoms with Crippen LogP contribution in [0, 0.1) is 6.92 Å². The number of halogens is 1. The molecule has 0 radical (unpaired) electrons. The molecular weight excluding hydrogens is 276 g/mol. The highest BCUT2D eigenvalue weighted by atomic mass is 35.5. The molecule has 0 saturated heterocycles. The molecule has 0 aliphatic heterocycles. The minimum atomic E-state index is -0.255. The molecule has 0 aliphatic rings. The van der Waals surface area contributed by atoms with E-state index in [4.69, 9.17) is 11.6 Å². The van der Waals surface area contributed by atoms with Gasteiger partial charge in [0.2, 0.25) is 0 Å². The van der Waals surface area contributed by atoms with Crippen molar-refractivity contribution in [2.75, 3.05) is 7.05 Å². The Kier molecular flexibility index (Phi) is 4.25. The van der Waals surface area contributed by atoms with Crippen LogP contribution in [0.3, 0.4) is 0 Å². The Hall–Kier alpha value is -2.07. The summed E-state index contributed by atoms with van der Waals surface area (Å²) in [5.41, 5.74) is 1.98. The predicted molar refractivity (Wildman–Crippen MR) is 77.9 cm³/mol. The van der Waals surface area contributed by atoms with E-state index in [1.54, 1.807) is 7.05 Å². The Morgan fingerprint density at radius 1 is 1.35 bits per heavy atom. The zero-order valence-electron chi connectivity index (χ0n) is 11.3. The lowest BCUT2D eigenvalue weighted by Gasteiger charge is -2.17. The summed E-state index contributed by atoms with van der Waals surface area (Å²) in [6.07, 6.45) is 0. The largest absolute Gasteiger partial charge is 0.508 e. The SMILES string of the molecule is Cc1cccc(CN(C)C(=O)c2cc(O)ccc2Cl)n1. The van der Waals surface area contributed by atoms with Crippen LogP contribution in [-0.4, -0.2) is 27.9 Å². The summed E-state index contributed by atoms with van der Waals surface area (Å²) < 4.78 is 0. The fourth-order valence-electron chi connectivity index (χ4n) is 1.89. The summed E-state index contributed by atoms with van der Waals surface area (Å²) in [4.78, 5) is 18.2. The number of carbonyl (C=O) groups is 1. The van der Waals surface area contributed by atoms with Crippen molar-refractivity contribution in [3.8, 4) is 5.75 Å². The molecule has 1 N–H and O–H groups in total. The summed E-state index contributed by atoms with van der Waals surface area (Å²) in [6.45, 7) is 2.28. The van der Waals surface area contributed by atoms with Gasteiger partial charge in [-0.2, -0.15) is 0 Å². The van der Waals surface area contributed by atoms with Crippen LogP contribution in [-0.2, 0) is 6.54 Å². The van der Waals surface area contributed by atoms with Crippen LogP contribution < -0.4 is 0 Å². The average molecular weight is 291 g/mol. The van der Waals surface area contributed by atoms with Crippen molar-refractivity contribution in [3.05, 3.63) is 58.4 Å². The second-order valence-electron chi connectivity index (χ2n) is 4.60. The van der Waals surface area contributed by atoms with Crippen molar-refractivity contribution < 1.29 is 9.90 Å². The number of aryl methyl sites for hydroxylation is 1. The van der Waals surface area contributed by atoms with Gasteiger partial charge in [-0.1, -0.05) is 17.7 Å². The summed E-state index contributed by atoms with van der Waals surface area (Å²) in [7, 11) is 1.67. The highest BCUT2D eigenvalue weighted by Gasteiger charge is 2.16. The minimum absolute atomic E-state index is 0.0137. The first-order valence-electron chi connectivity index (χ1n) is 6.14. The van der Waals surface area contributed by atoms with Gasteiger partial charge in [0.25, 0.3) is 5.91 Å². The van der Waals surface area contributed by atoms with Crippen LogP contribution in [0.5, 0.6) is 5.75 Å². The number of phenols is 1. The number of hydrogen-bond donors (Lipinski definition) is 1. The quantitative estimate of drug-likeness (QED) is 0.945. The molecule has 1 aromatic heterocycles. The molecule has 5 heteroatoms. The first kappa shape index (κ1) is 14.3. The number of pyridine rings is 1. The summed E-state index contributed by atoms with van der Waals surface area (Å²) in [5.74, 6) is -0.242. The van der Waals surface area contributed by atoms with Gasteiger partial charge in [0.1, 0.15) is 5.75 Å². The first-order valence-corrected chi connectivity index (χ1v) is 6.51.